The largest absolute Gasteiger partial charge is 0.404 e. The van der Waals surface area contributed by atoms with Gasteiger partial charge in [0.2, 0.25) is 0 Å². The summed E-state index contributed by atoms with van der Waals surface area (Å²) in [5, 5.41) is 2.86. The third-order valence-corrected chi connectivity index (χ3v) is 3.91. The molecule has 2 rings (SSSR count). The maximum atomic E-state index is 11.9. The van der Waals surface area contributed by atoms with Crippen LogP contribution in [0, 0.1) is 0 Å². The first kappa shape index (κ1) is 17.0. The summed E-state index contributed by atoms with van der Waals surface area (Å²) in [4.78, 5) is 18.1. The maximum absolute atomic E-state index is 11.9. The van der Waals surface area contributed by atoms with Crippen LogP contribution < -0.4 is 11.1 Å². The number of amides is 1. The van der Waals surface area contributed by atoms with Crippen molar-refractivity contribution in [2.45, 2.75) is 19.4 Å². The molecule has 0 fully saturated rings. The van der Waals surface area contributed by atoms with Gasteiger partial charge in [-0.1, -0.05) is 30.8 Å². The lowest BCUT2D eigenvalue weighted by atomic mass is 10.00. The fraction of sp³-hybridized carbons (Fsp3) is 0.333. The molecule has 1 aromatic carbocycles. The summed E-state index contributed by atoms with van der Waals surface area (Å²) in [6.45, 7) is 7.12. The molecule has 1 aliphatic rings. The molecular weight excluding hydrogens is 288 g/mol. The minimum absolute atomic E-state index is 0.206. The quantitative estimate of drug-likeness (QED) is 0.456. The molecule has 0 atom stereocenters. The summed E-state index contributed by atoms with van der Waals surface area (Å²) >= 11 is 0. The van der Waals surface area contributed by atoms with E-state index < -0.39 is 0 Å². The van der Waals surface area contributed by atoms with Crippen LogP contribution in [0.25, 0.3) is 0 Å². The van der Waals surface area contributed by atoms with E-state index in [1.54, 1.807) is 0 Å². The number of fused-ring (bicyclic) bond motifs is 1. The smallest absolute Gasteiger partial charge is 0.254 e. The van der Waals surface area contributed by atoms with Crippen molar-refractivity contribution in [3.8, 4) is 0 Å². The first-order valence-corrected chi connectivity index (χ1v) is 7.88. The lowest BCUT2D eigenvalue weighted by molar-refractivity contribution is -0.117. The molecule has 1 aliphatic heterocycles. The molecule has 1 aromatic rings. The van der Waals surface area contributed by atoms with Crippen LogP contribution in [0.5, 0.6) is 0 Å². The van der Waals surface area contributed by atoms with E-state index in [1.807, 2.05) is 0 Å². The molecule has 0 unspecified atom stereocenters. The number of hydrogen-bond acceptors (Lipinski definition) is 4. The number of benzene rings is 1. The highest BCUT2D eigenvalue weighted by Crippen LogP contribution is 2.18. The predicted molar refractivity (Wildman–Crippen MR) is 94.0 cm³/mol. The van der Waals surface area contributed by atoms with Crippen molar-refractivity contribution in [2.24, 2.45) is 10.7 Å². The van der Waals surface area contributed by atoms with E-state index in [4.69, 9.17) is 5.73 Å². The average Bonchev–Trinajstić information content (AvgIpc) is 2.59. The average molecular weight is 312 g/mol. The molecular formula is C18H24N4O. The zero-order valence-electron chi connectivity index (χ0n) is 13.4. The minimum atomic E-state index is -0.206. The summed E-state index contributed by atoms with van der Waals surface area (Å²) in [5.41, 5.74) is 8.64. The Bertz CT molecular complexity index is 607. The monoisotopic (exact) mass is 312 g/mol. The molecule has 0 aliphatic carbocycles. The highest BCUT2D eigenvalue weighted by Gasteiger charge is 2.15. The summed E-state index contributed by atoms with van der Waals surface area (Å²) in [6, 6.07) is 8.59. The number of carbonyl (C=O) groups is 1. The van der Waals surface area contributed by atoms with E-state index in [0.29, 0.717) is 12.1 Å². The molecule has 0 saturated carbocycles. The highest BCUT2D eigenvalue weighted by atomic mass is 16.1. The molecule has 122 valence electrons. The van der Waals surface area contributed by atoms with Crippen molar-refractivity contribution in [3.05, 3.63) is 59.9 Å². The normalized spacial score (nSPS) is 15.4. The van der Waals surface area contributed by atoms with Crippen LogP contribution in [-0.2, 0) is 17.8 Å². The number of hydrogen-bond donors (Lipinski definition) is 2. The second-order valence-electron chi connectivity index (χ2n) is 5.49. The van der Waals surface area contributed by atoms with Gasteiger partial charge in [-0.05, 0) is 24.0 Å². The van der Waals surface area contributed by atoms with Crippen molar-refractivity contribution in [2.75, 3.05) is 19.6 Å². The van der Waals surface area contributed by atoms with Gasteiger partial charge in [0.05, 0.1) is 5.57 Å². The first-order chi connectivity index (χ1) is 11.2. The predicted octanol–water partition coefficient (Wildman–Crippen LogP) is 1.61. The second-order valence-corrected chi connectivity index (χ2v) is 5.49. The Balaban J connectivity index is 1.71. The van der Waals surface area contributed by atoms with E-state index in [0.717, 1.165) is 32.5 Å². The fourth-order valence-electron chi connectivity index (χ4n) is 2.66. The van der Waals surface area contributed by atoms with Crippen molar-refractivity contribution >= 4 is 12.1 Å². The third kappa shape index (κ3) is 5.07. The van der Waals surface area contributed by atoms with Crippen LogP contribution in [0.3, 0.4) is 0 Å². The van der Waals surface area contributed by atoms with Gasteiger partial charge in [0.15, 0.2) is 0 Å². The van der Waals surface area contributed by atoms with Crippen LogP contribution in [0.2, 0.25) is 0 Å². The van der Waals surface area contributed by atoms with E-state index in [-0.39, 0.29) is 5.91 Å². The van der Waals surface area contributed by atoms with Crippen LogP contribution in [0.4, 0.5) is 0 Å². The molecule has 23 heavy (non-hydrogen) atoms. The summed E-state index contributed by atoms with van der Waals surface area (Å²) in [7, 11) is 0. The Kier molecular flexibility index (Phi) is 6.56. The van der Waals surface area contributed by atoms with E-state index in [9.17, 15) is 4.79 Å². The lowest BCUT2D eigenvalue weighted by Crippen LogP contribution is -2.34. The van der Waals surface area contributed by atoms with E-state index in [1.165, 1.54) is 29.7 Å². The van der Waals surface area contributed by atoms with Gasteiger partial charge in [0, 0.05) is 44.8 Å². The molecule has 5 nitrogen and oxygen atoms in total. The van der Waals surface area contributed by atoms with Crippen molar-refractivity contribution in [3.63, 3.8) is 0 Å². The van der Waals surface area contributed by atoms with Gasteiger partial charge in [-0.25, -0.2) is 0 Å². The minimum Gasteiger partial charge on any atom is -0.404 e. The number of carbonyl (C=O) groups excluding carboxylic acids is 1. The standard InChI is InChI=1S/C18H24N4O/c1-2-20-13-17(12-19)18(23)21-9-5-10-22-11-8-15-6-3-4-7-16(15)14-22/h2-4,6-7,12-13H,1,5,8-11,14,19H2,(H,21,23)/b17-12+,20-13?. The van der Waals surface area contributed by atoms with E-state index >= 15 is 0 Å². The van der Waals surface area contributed by atoms with Gasteiger partial charge in [-0.3, -0.25) is 14.7 Å². The number of rotatable bonds is 7. The summed E-state index contributed by atoms with van der Waals surface area (Å²) in [6.07, 6.45) is 6.03. The van der Waals surface area contributed by atoms with Crippen LogP contribution in [-0.4, -0.2) is 36.7 Å². The molecule has 1 heterocycles. The Morgan fingerprint density at radius 3 is 2.91 bits per heavy atom. The molecule has 0 spiro atoms. The van der Waals surface area contributed by atoms with Crippen molar-refractivity contribution in [1.82, 2.24) is 10.2 Å². The van der Waals surface area contributed by atoms with Crippen LogP contribution in [0.15, 0.2) is 53.8 Å². The molecule has 0 saturated heterocycles. The Morgan fingerprint density at radius 2 is 2.17 bits per heavy atom. The van der Waals surface area contributed by atoms with Crippen LogP contribution >= 0.6 is 0 Å². The highest BCUT2D eigenvalue weighted by molar-refractivity contribution is 6.12. The Labute approximate surface area is 137 Å². The third-order valence-electron chi connectivity index (χ3n) is 3.91. The van der Waals surface area contributed by atoms with E-state index in [2.05, 4.69) is 46.1 Å². The van der Waals surface area contributed by atoms with Gasteiger partial charge in [-0.15, -0.1) is 0 Å². The SMILES string of the molecule is C=CN=C/C(=C\N)C(=O)NCCCN1CCc2ccccc2C1. The lowest BCUT2D eigenvalue weighted by Gasteiger charge is -2.28. The zero-order valence-corrected chi connectivity index (χ0v) is 13.4. The second kappa shape index (κ2) is 8.90. The van der Waals surface area contributed by atoms with Gasteiger partial charge >= 0.3 is 0 Å². The number of nitrogens with zero attached hydrogens (tertiary/aromatic N) is 2. The van der Waals surface area contributed by atoms with Crippen molar-refractivity contribution in [1.29, 1.82) is 0 Å². The Hall–Kier alpha value is -2.40. The van der Waals surface area contributed by atoms with Gasteiger partial charge in [0.1, 0.15) is 0 Å². The molecule has 0 radical (unpaired) electrons. The first-order valence-electron chi connectivity index (χ1n) is 7.88. The van der Waals surface area contributed by atoms with Gasteiger partial charge in [0.25, 0.3) is 5.91 Å². The fourth-order valence-corrected chi connectivity index (χ4v) is 2.66. The number of nitrogens with two attached hydrogens (primary N) is 1. The molecule has 5 heteroatoms. The van der Waals surface area contributed by atoms with Crippen LogP contribution in [0.1, 0.15) is 17.5 Å². The maximum Gasteiger partial charge on any atom is 0.254 e. The van der Waals surface area contributed by atoms with Gasteiger partial charge < -0.3 is 11.1 Å². The topological polar surface area (TPSA) is 70.7 Å². The molecule has 0 aromatic heterocycles. The molecule has 0 bridgehead atoms. The zero-order chi connectivity index (χ0) is 16.5. The number of nitrogens with one attached hydrogen (secondary N) is 1. The molecule has 3 N–H and O–H groups in total. The molecule has 1 amide bonds. The summed E-state index contributed by atoms with van der Waals surface area (Å²) in [5.74, 6) is -0.206. The number of aliphatic imine (C=N–C) groups is 1. The van der Waals surface area contributed by atoms with Gasteiger partial charge in [-0.2, -0.15) is 0 Å². The summed E-state index contributed by atoms with van der Waals surface area (Å²) < 4.78 is 0. The van der Waals surface area contributed by atoms with Crippen molar-refractivity contribution < 1.29 is 4.79 Å². The Morgan fingerprint density at radius 1 is 1.39 bits per heavy atom.